The van der Waals surface area contributed by atoms with Gasteiger partial charge in [0.05, 0.1) is 5.37 Å². The van der Waals surface area contributed by atoms with Crippen molar-refractivity contribution in [3.05, 3.63) is 11.6 Å². The van der Waals surface area contributed by atoms with Crippen LogP contribution < -0.4 is 5.32 Å². The molecule has 1 N–H and O–H groups in total. The maximum atomic E-state index is 11.5. The van der Waals surface area contributed by atoms with Crippen molar-refractivity contribution in [1.29, 1.82) is 0 Å². The number of hydrogen-bond acceptors (Lipinski definition) is 4. The van der Waals surface area contributed by atoms with E-state index in [4.69, 9.17) is 0 Å². The lowest BCUT2D eigenvalue weighted by Gasteiger charge is -2.17. The molecular formula is C10H14N2O2S. The summed E-state index contributed by atoms with van der Waals surface area (Å²) in [5.74, 6) is -0.148. The van der Waals surface area contributed by atoms with E-state index in [1.807, 2.05) is 7.05 Å². The van der Waals surface area contributed by atoms with Crippen molar-refractivity contribution in [3.8, 4) is 0 Å². The summed E-state index contributed by atoms with van der Waals surface area (Å²) < 4.78 is 0. The minimum Gasteiger partial charge on any atom is -0.294 e. The second-order valence-electron chi connectivity index (χ2n) is 4.24. The molecule has 0 aliphatic carbocycles. The number of nitrogens with zero attached hydrogens (tertiary/aromatic N) is 1. The summed E-state index contributed by atoms with van der Waals surface area (Å²) in [4.78, 5) is 24.6. The van der Waals surface area contributed by atoms with Crippen LogP contribution in [0.15, 0.2) is 11.6 Å². The number of amides is 2. The fourth-order valence-corrected chi connectivity index (χ4v) is 2.58. The topological polar surface area (TPSA) is 49.4 Å². The number of imide groups is 1. The second kappa shape index (κ2) is 3.64. The van der Waals surface area contributed by atoms with Gasteiger partial charge in [0.2, 0.25) is 0 Å². The number of hydrogen-bond donors (Lipinski definition) is 2. The normalized spacial score (nSPS) is 37.0. The van der Waals surface area contributed by atoms with Gasteiger partial charge in [0.25, 0.3) is 11.8 Å². The van der Waals surface area contributed by atoms with E-state index < -0.39 is 0 Å². The summed E-state index contributed by atoms with van der Waals surface area (Å²) in [6.45, 7) is 2.84. The molecule has 2 aliphatic rings. The summed E-state index contributed by atoms with van der Waals surface area (Å²) >= 11 is 4.47. The molecule has 2 aliphatic heterocycles. The van der Waals surface area contributed by atoms with E-state index in [2.05, 4.69) is 29.8 Å². The van der Waals surface area contributed by atoms with Crippen LogP contribution in [0.3, 0.4) is 0 Å². The summed E-state index contributed by atoms with van der Waals surface area (Å²) in [6, 6.07) is 0. The molecule has 4 nitrogen and oxygen atoms in total. The highest BCUT2D eigenvalue weighted by Crippen LogP contribution is 2.35. The van der Waals surface area contributed by atoms with Crippen molar-refractivity contribution < 1.29 is 9.59 Å². The van der Waals surface area contributed by atoms with Gasteiger partial charge in [0.1, 0.15) is 0 Å². The largest absolute Gasteiger partial charge is 0.294 e. The highest BCUT2D eigenvalue weighted by molar-refractivity contribution is 7.80. The standard InChI is InChI=1S/C10H14N2O2S/c1-5-7(4-12(2)10(5)15)6-3-8(13)11-9(6)14/h3,5,7,10,15H,4H2,1-2H3,(H,11,13,14). The number of thiol groups is 1. The number of rotatable bonds is 1. The second-order valence-corrected chi connectivity index (χ2v) is 4.77. The predicted molar refractivity (Wildman–Crippen MR) is 59.3 cm³/mol. The molecule has 3 atom stereocenters. The first-order valence-electron chi connectivity index (χ1n) is 4.96. The van der Waals surface area contributed by atoms with E-state index in [1.165, 1.54) is 6.08 Å². The minimum atomic E-state index is -0.299. The number of nitrogens with one attached hydrogen (secondary N) is 1. The lowest BCUT2D eigenvalue weighted by molar-refractivity contribution is -0.124. The Labute approximate surface area is 94.1 Å². The van der Waals surface area contributed by atoms with Gasteiger partial charge in [-0.3, -0.25) is 19.8 Å². The van der Waals surface area contributed by atoms with E-state index in [1.54, 1.807) is 0 Å². The predicted octanol–water partition coefficient (Wildman–Crippen LogP) is 0.0228. The van der Waals surface area contributed by atoms with Crippen LogP contribution in [-0.4, -0.2) is 35.7 Å². The third-order valence-electron chi connectivity index (χ3n) is 3.23. The quantitative estimate of drug-likeness (QED) is 0.489. The molecule has 2 heterocycles. The highest BCUT2D eigenvalue weighted by Gasteiger charge is 2.40. The number of carbonyl (C=O) groups is 2. The maximum absolute atomic E-state index is 11.5. The third kappa shape index (κ3) is 1.70. The summed E-state index contributed by atoms with van der Waals surface area (Å²) in [5, 5.41) is 2.43. The van der Waals surface area contributed by atoms with Crippen LogP contribution >= 0.6 is 12.6 Å². The van der Waals surface area contributed by atoms with Crippen LogP contribution in [0.25, 0.3) is 0 Å². The van der Waals surface area contributed by atoms with Gasteiger partial charge in [0.15, 0.2) is 0 Å². The molecule has 0 spiro atoms. The Bertz CT molecular complexity index is 353. The number of likely N-dealkylation sites (tertiary alicyclic amines) is 1. The van der Waals surface area contributed by atoms with E-state index in [0.717, 1.165) is 6.54 Å². The lowest BCUT2D eigenvalue weighted by atomic mass is 9.90. The Morgan fingerprint density at radius 3 is 2.60 bits per heavy atom. The van der Waals surface area contributed by atoms with Crippen molar-refractivity contribution in [2.75, 3.05) is 13.6 Å². The van der Waals surface area contributed by atoms with Crippen molar-refractivity contribution in [3.63, 3.8) is 0 Å². The molecular weight excluding hydrogens is 212 g/mol. The van der Waals surface area contributed by atoms with Crippen LogP contribution in [0.4, 0.5) is 0 Å². The zero-order valence-corrected chi connectivity index (χ0v) is 9.62. The fraction of sp³-hybridized carbons (Fsp3) is 0.600. The SMILES string of the molecule is CC1C(C2=CC(=O)NC2=O)CN(C)C1S. The average Bonchev–Trinajstić information content (AvgIpc) is 2.61. The van der Waals surface area contributed by atoms with Crippen molar-refractivity contribution in [1.82, 2.24) is 10.2 Å². The molecule has 0 aromatic rings. The third-order valence-corrected chi connectivity index (χ3v) is 4.09. The van der Waals surface area contributed by atoms with Crippen molar-refractivity contribution in [2.45, 2.75) is 12.3 Å². The molecule has 3 unspecified atom stereocenters. The van der Waals surface area contributed by atoms with Gasteiger partial charge in [0, 0.05) is 24.1 Å². The highest BCUT2D eigenvalue weighted by atomic mass is 32.1. The van der Waals surface area contributed by atoms with Gasteiger partial charge < -0.3 is 0 Å². The zero-order chi connectivity index (χ0) is 11.2. The van der Waals surface area contributed by atoms with Gasteiger partial charge in [-0.25, -0.2) is 0 Å². The van der Waals surface area contributed by atoms with Crippen molar-refractivity contribution in [2.24, 2.45) is 11.8 Å². The molecule has 1 fully saturated rings. The van der Waals surface area contributed by atoms with Crippen LogP contribution in [-0.2, 0) is 9.59 Å². The van der Waals surface area contributed by atoms with Crippen molar-refractivity contribution >= 4 is 24.4 Å². The maximum Gasteiger partial charge on any atom is 0.254 e. The summed E-state index contributed by atoms with van der Waals surface area (Å²) in [6.07, 6.45) is 1.42. The first-order valence-corrected chi connectivity index (χ1v) is 5.47. The number of carbonyl (C=O) groups excluding carboxylic acids is 2. The molecule has 1 saturated heterocycles. The molecule has 0 radical (unpaired) electrons. The first-order chi connectivity index (χ1) is 7.00. The summed E-state index contributed by atoms with van der Waals surface area (Å²) in [7, 11) is 1.98. The lowest BCUT2D eigenvalue weighted by Crippen LogP contribution is -2.26. The van der Waals surface area contributed by atoms with Crippen LogP contribution in [0.1, 0.15) is 6.92 Å². The Balaban J connectivity index is 2.22. The Kier molecular flexibility index (Phi) is 2.60. The fourth-order valence-electron chi connectivity index (χ4n) is 2.28. The van der Waals surface area contributed by atoms with Crippen LogP contribution in [0, 0.1) is 11.8 Å². The molecule has 0 aromatic heterocycles. The molecule has 2 amide bonds. The van der Waals surface area contributed by atoms with Gasteiger partial charge in [-0.1, -0.05) is 6.92 Å². The van der Waals surface area contributed by atoms with E-state index in [9.17, 15) is 9.59 Å². The van der Waals surface area contributed by atoms with Gasteiger partial charge in [-0.2, -0.15) is 12.6 Å². The minimum absolute atomic E-state index is 0.115. The van der Waals surface area contributed by atoms with E-state index in [0.29, 0.717) is 5.57 Å². The van der Waals surface area contributed by atoms with Gasteiger partial charge in [-0.05, 0) is 13.0 Å². The van der Waals surface area contributed by atoms with Gasteiger partial charge >= 0.3 is 0 Å². The average molecular weight is 226 g/mol. The molecule has 0 bridgehead atoms. The van der Waals surface area contributed by atoms with Gasteiger partial charge in [-0.15, -0.1) is 0 Å². The van der Waals surface area contributed by atoms with E-state index >= 15 is 0 Å². The molecule has 5 heteroatoms. The Morgan fingerprint density at radius 1 is 1.53 bits per heavy atom. The molecule has 2 rings (SSSR count). The Hall–Kier alpha value is -0.810. The first kappa shape index (κ1) is 10.7. The Morgan fingerprint density at radius 2 is 2.20 bits per heavy atom. The molecule has 15 heavy (non-hydrogen) atoms. The zero-order valence-electron chi connectivity index (χ0n) is 8.73. The van der Waals surface area contributed by atoms with E-state index in [-0.39, 0.29) is 29.0 Å². The smallest absolute Gasteiger partial charge is 0.254 e. The summed E-state index contributed by atoms with van der Waals surface area (Å²) in [5.41, 5.74) is 0.607. The monoisotopic (exact) mass is 226 g/mol. The molecule has 0 aromatic carbocycles. The molecule has 0 saturated carbocycles. The molecule has 82 valence electrons. The van der Waals surface area contributed by atoms with Crippen LogP contribution in [0.5, 0.6) is 0 Å². The van der Waals surface area contributed by atoms with Crippen LogP contribution in [0.2, 0.25) is 0 Å².